The Hall–Kier alpha value is -6.75. The van der Waals surface area contributed by atoms with Crippen molar-refractivity contribution in [3.63, 3.8) is 0 Å². The van der Waals surface area contributed by atoms with Crippen LogP contribution < -0.4 is 0 Å². The van der Waals surface area contributed by atoms with Crippen molar-refractivity contribution >= 4 is 5.78 Å². The van der Waals surface area contributed by atoms with Crippen molar-refractivity contribution in [1.29, 1.82) is 42.1 Å². The number of nitrogens with zero attached hydrogens (tertiary/aromatic N) is 8. The van der Waals surface area contributed by atoms with Crippen molar-refractivity contribution in [2.75, 3.05) is 0 Å². The highest BCUT2D eigenvalue weighted by atomic mass is 16.1. The summed E-state index contributed by atoms with van der Waals surface area (Å²) < 4.78 is 0. The molecule has 3 aromatic carbocycles. The van der Waals surface area contributed by atoms with E-state index in [4.69, 9.17) is 0 Å². The molecule has 0 saturated carbocycles. The molecule has 0 atom stereocenters. The van der Waals surface area contributed by atoms with Gasteiger partial charge in [-0.15, -0.1) is 0 Å². The minimum atomic E-state index is -1.82. The predicted octanol–water partition coefficient (Wildman–Crippen LogP) is 4.97. The Balaban J connectivity index is 1.20. The van der Waals surface area contributed by atoms with Crippen molar-refractivity contribution in [1.82, 2.24) is 0 Å². The van der Waals surface area contributed by atoms with Crippen LogP contribution in [0.2, 0.25) is 0 Å². The largest absolute Gasteiger partial charge is 0.298 e. The number of Topliss-reactive ketones (excluding diaryl/α,β-unsaturated/α-hetero) is 1. The Labute approximate surface area is 295 Å². The van der Waals surface area contributed by atoms with Crippen molar-refractivity contribution in [3.05, 3.63) is 104 Å². The number of nitriles is 8. The lowest BCUT2D eigenvalue weighted by molar-refractivity contribution is -0.135. The maximum atomic E-state index is 15.4. The first-order chi connectivity index (χ1) is 24.5. The van der Waals surface area contributed by atoms with E-state index in [2.05, 4.69) is 6.07 Å². The molecule has 0 fully saturated rings. The first-order valence-corrected chi connectivity index (χ1v) is 16.7. The number of hydrogen-bond donors (Lipinski definition) is 0. The summed E-state index contributed by atoms with van der Waals surface area (Å²) in [5.74, 6) is 0.135. The van der Waals surface area contributed by atoms with Gasteiger partial charge in [0.25, 0.3) is 0 Å². The second kappa shape index (κ2) is 10.1. The second-order valence-electron chi connectivity index (χ2n) is 15.2. The van der Waals surface area contributed by atoms with Gasteiger partial charge in [-0.2, -0.15) is 42.1 Å². The Morgan fingerprint density at radius 3 is 1.04 bits per heavy atom. The maximum Gasteiger partial charge on any atom is 0.179 e. The highest BCUT2D eigenvalue weighted by Crippen LogP contribution is 2.57. The third kappa shape index (κ3) is 3.69. The summed E-state index contributed by atoms with van der Waals surface area (Å²) in [6, 6.07) is 32.0. The van der Waals surface area contributed by atoms with Gasteiger partial charge >= 0.3 is 0 Å². The smallest absolute Gasteiger partial charge is 0.179 e. The van der Waals surface area contributed by atoms with E-state index in [0.29, 0.717) is 32.1 Å². The molecule has 5 aliphatic carbocycles. The Morgan fingerprint density at radius 1 is 0.392 bits per heavy atom. The third-order valence-corrected chi connectivity index (χ3v) is 12.9. The minimum Gasteiger partial charge on any atom is -0.298 e. The number of fused-ring (bicyclic) bond motifs is 6. The normalized spacial score (nSPS) is 21.8. The molecule has 0 amide bonds. The Bertz CT molecular complexity index is 2330. The molecule has 8 rings (SSSR count). The molecule has 0 saturated heterocycles. The summed E-state index contributed by atoms with van der Waals surface area (Å²) in [6.07, 6.45) is 2.17. The summed E-state index contributed by atoms with van der Waals surface area (Å²) in [6.45, 7) is 0. The third-order valence-electron chi connectivity index (χ3n) is 12.9. The van der Waals surface area contributed by atoms with Crippen LogP contribution >= 0.6 is 0 Å². The van der Waals surface area contributed by atoms with Crippen LogP contribution in [0.4, 0.5) is 0 Å². The fraction of sp³-hybridized carbons (Fsp3) is 0.357. The van der Waals surface area contributed by atoms with Gasteiger partial charge in [0.05, 0.1) is 54.0 Å². The zero-order valence-electron chi connectivity index (χ0n) is 27.5. The van der Waals surface area contributed by atoms with Crippen LogP contribution in [0.25, 0.3) is 0 Å². The van der Waals surface area contributed by atoms with Crippen molar-refractivity contribution in [2.45, 2.75) is 63.2 Å². The summed E-state index contributed by atoms with van der Waals surface area (Å²) in [5, 5.41) is 80.6. The molecular formula is C42H26N8O. The van der Waals surface area contributed by atoms with Crippen LogP contribution in [-0.2, 0) is 68.0 Å². The lowest BCUT2D eigenvalue weighted by Gasteiger charge is -2.44. The zero-order chi connectivity index (χ0) is 36.0. The van der Waals surface area contributed by atoms with Gasteiger partial charge in [0.15, 0.2) is 27.4 Å². The Morgan fingerprint density at radius 2 is 0.686 bits per heavy atom. The van der Waals surface area contributed by atoms with E-state index in [-0.39, 0.29) is 31.5 Å². The second-order valence-corrected chi connectivity index (χ2v) is 15.2. The van der Waals surface area contributed by atoms with E-state index in [1.807, 2.05) is 91.0 Å². The molecule has 51 heavy (non-hydrogen) atoms. The molecule has 0 unspecified atom stereocenters. The highest BCUT2D eigenvalue weighted by molar-refractivity contribution is 5.99. The standard InChI is InChI=1S/C42H26N8O/c43-18-38(19-44)12-29-5-27-10-37(11-28(27)6-30(29)13-39(38,20-45)21-46)9-26-3-1-2-4-35(26)42(36(37)51)16-33-7-31-14-40(22-47,23-48)41(24-49,25-50)15-32(31)8-34(33)17-42/h1-8H,9-17H2. The molecule has 5 aliphatic rings. The van der Waals surface area contributed by atoms with E-state index in [1.54, 1.807) is 0 Å². The number of hydrogen-bond acceptors (Lipinski definition) is 9. The van der Waals surface area contributed by atoms with Gasteiger partial charge in [-0.1, -0.05) is 48.5 Å². The molecule has 3 aromatic rings. The van der Waals surface area contributed by atoms with E-state index in [1.165, 1.54) is 0 Å². The number of rotatable bonds is 0. The average molecular weight is 659 g/mol. The van der Waals surface area contributed by atoms with Crippen LogP contribution in [0.3, 0.4) is 0 Å². The van der Waals surface area contributed by atoms with Crippen molar-refractivity contribution in [3.8, 4) is 48.6 Å². The van der Waals surface area contributed by atoms with Gasteiger partial charge < -0.3 is 0 Å². The molecule has 2 spiro atoms. The van der Waals surface area contributed by atoms with E-state index in [0.717, 1.165) is 55.6 Å². The van der Waals surface area contributed by atoms with E-state index >= 15 is 4.79 Å². The van der Waals surface area contributed by atoms with Gasteiger partial charge in [-0.3, -0.25) is 4.79 Å². The molecular weight excluding hydrogens is 633 g/mol. The fourth-order valence-electron chi connectivity index (χ4n) is 10.2. The molecule has 0 heterocycles. The zero-order valence-corrected chi connectivity index (χ0v) is 27.5. The molecule has 0 aliphatic heterocycles. The number of benzene rings is 3. The molecule has 240 valence electrons. The summed E-state index contributed by atoms with van der Waals surface area (Å²) in [4.78, 5) is 15.4. The molecule has 9 heteroatoms. The first-order valence-electron chi connectivity index (χ1n) is 16.7. The van der Waals surface area contributed by atoms with Gasteiger partial charge in [0.1, 0.15) is 0 Å². The lowest BCUT2D eigenvalue weighted by Crippen LogP contribution is -2.53. The van der Waals surface area contributed by atoms with Crippen molar-refractivity contribution < 1.29 is 4.79 Å². The van der Waals surface area contributed by atoms with Gasteiger partial charge in [0.2, 0.25) is 0 Å². The topological polar surface area (TPSA) is 207 Å². The maximum absolute atomic E-state index is 15.4. The van der Waals surface area contributed by atoms with Crippen LogP contribution in [0, 0.1) is 118 Å². The molecule has 0 bridgehead atoms. The van der Waals surface area contributed by atoms with E-state index in [9.17, 15) is 42.1 Å². The molecule has 0 N–H and O–H groups in total. The average Bonchev–Trinajstić information content (AvgIpc) is 3.71. The Kier molecular flexibility index (Phi) is 6.27. The van der Waals surface area contributed by atoms with Gasteiger partial charge in [-0.25, -0.2) is 0 Å². The molecule has 9 nitrogen and oxygen atoms in total. The van der Waals surface area contributed by atoms with Crippen LogP contribution in [0.5, 0.6) is 0 Å². The van der Waals surface area contributed by atoms with Crippen LogP contribution in [0.15, 0.2) is 48.5 Å². The van der Waals surface area contributed by atoms with Crippen LogP contribution in [-0.4, -0.2) is 5.78 Å². The fourth-order valence-corrected chi connectivity index (χ4v) is 10.2. The number of carbonyl (C=O) groups excluding carboxylic acids is 1. The van der Waals surface area contributed by atoms with Gasteiger partial charge in [0, 0.05) is 31.1 Å². The quantitative estimate of drug-likeness (QED) is 0.319. The monoisotopic (exact) mass is 658 g/mol. The summed E-state index contributed by atoms with van der Waals surface area (Å²) in [7, 11) is 0. The summed E-state index contributed by atoms with van der Waals surface area (Å²) >= 11 is 0. The highest BCUT2D eigenvalue weighted by Gasteiger charge is 2.62. The number of ketones is 1. The first kappa shape index (κ1) is 31.5. The number of carbonyl (C=O) groups is 1. The van der Waals surface area contributed by atoms with Crippen molar-refractivity contribution in [2.24, 2.45) is 27.1 Å². The SMILES string of the molecule is N#CC1(C#N)Cc2cc3c(cc2CC1(C#N)C#N)CC1(C3)Cc2ccccc2C2(Cc3cc4c(cc3C2)CC(C#N)(C#N)C(C#N)(C#N)C4)C1=O. The predicted molar refractivity (Wildman–Crippen MR) is 176 cm³/mol. The van der Waals surface area contributed by atoms with Gasteiger partial charge in [-0.05, 0) is 87.7 Å². The summed E-state index contributed by atoms with van der Waals surface area (Å²) in [5.41, 5.74) is 0.0381. The van der Waals surface area contributed by atoms with Crippen LogP contribution in [0.1, 0.15) is 55.6 Å². The minimum absolute atomic E-state index is 0.0464. The molecule has 0 aromatic heterocycles. The lowest BCUT2D eigenvalue weighted by atomic mass is 9.56. The molecule has 0 radical (unpaired) electrons. The van der Waals surface area contributed by atoms with E-state index < -0.39 is 32.5 Å².